The van der Waals surface area contributed by atoms with E-state index in [0.717, 1.165) is 6.07 Å². The molecule has 0 saturated heterocycles. The largest absolute Gasteiger partial charge is 0.416 e. The van der Waals surface area contributed by atoms with E-state index in [9.17, 15) is 22.8 Å². The van der Waals surface area contributed by atoms with Crippen molar-refractivity contribution in [2.45, 2.75) is 44.4 Å². The molecule has 1 fully saturated rings. The van der Waals surface area contributed by atoms with E-state index in [-0.39, 0.29) is 23.4 Å². The van der Waals surface area contributed by atoms with Gasteiger partial charge < -0.3 is 14.6 Å². The molecular formula is C21H23F3N2O3. The van der Waals surface area contributed by atoms with E-state index in [0.29, 0.717) is 43.7 Å². The Kier molecular flexibility index (Phi) is 6.42. The highest BCUT2D eigenvalue weighted by molar-refractivity contribution is 5.94. The monoisotopic (exact) mass is 408 g/mol. The van der Waals surface area contributed by atoms with Crippen LogP contribution in [-0.2, 0) is 17.5 Å². The van der Waals surface area contributed by atoms with Crippen molar-refractivity contribution in [2.75, 3.05) is 13.2 Å². The molecule has 29 heavy (non-hydrogen) atoms. The number of nitrogens with one attached hydrogen (secondary N) is 1. The molecule has 3 rings (SSSR count). The van der Waals surface area contributed by atoms with Crippen LogP contribution in [0.2, 0.25) is 0 Å². The molecule has 1 aromatic carbocycles. The van der Waals surface area contributed by atoms with Gasteiger partial charge in [0.25, 0.3) is 11.5 Å². The summed E-state index contributed by atoms with van der Waals surface area (Å²) in [6, 6.07) is 8.04. The molecule has 1 aliphatic carbocycles. The number of alkyl halides is 3. The highest BCUT2D eigenvalue weighted by Crippen LogP contribution is 2.39. The fourth-order valence-electron chi connectivity index (χ4n) is 3.39. The van der Waals surface area contributed by atoms with Crippen LogP contribution < -0.4 is 10.9 Å². The number of amides is 1. The van der Waals surface area contributed by atoms with Crippen LogP contribution in [0.15, 0.2) is 47.4 Å². The summed E-state index contributed by atoms with van der Waals surface area (Å²) in [4.78, 5) is 24.3. The molecule has 2 aromatic rings. The van der Waals surface area contributed by atoms with Gasteiger partial charge in [0.2, 0.25) is 0 Å². The molecule has 0 radical (unpaired) electrons. The minimum atomic E-state index is -4.36. The smallest absolute Gasteiger partial charge is 0.380 e. The number of nitrogens with zero attached hydrogens (tertiary/aromatic N) is 1. The Labute approximate surface area is 166 Å². The predicted molar refractivity (Wildman–Crippen MR) is 102 cm³/mol. The normalized spacial score (nSPS) is 18.9. The molecule has 1 aromatic heterocycles. The molecule has 8 heteroatoms. The van der Waals surface area contributed by atoms with Gasteiger partial charge in [0.1, 0.15) is 0 Å². The number of rotatable bonds is 7. The van der Waals surface area contributed by atoms with E-state index < -0.39 is 11.7 Å². The molecule has 0 spiro atoms. The summed E-state index contributed by atoms with van der Waals surface area (Å²) in [6.45, 7) is 3.14. The van der Waals surface area contributed by atoms with Gasteiger partial charge in [-0.3, -0.25) is 9.59 Å². The first-order chi connectivity index (χ1) is 13.8. The van der Waals surface area contributed by atoms with Crippen LogP contribution in [0, 0.1) is 0 Å². The predicted octanol–water partition coefficient (Wildman–Crippen LogP) is 3.58. The number of aromatic nitrogens is 1. The van der Waals surface area contributed by atoms with Crippen molar-refractivity contribution in [1.29, 1.82) is 0 Å². The SMILES string of the molecule is CCOCCn1cc(C(=O)NC2CC(c3cccc(C(F)(F)F)c3)C2)ccc1=O. The Balaban J connectivity index is 1.57. The van der Waals surface area contributed by atoms with Crippen LogP contribution in [0.5, 0.6) is 0 Å². The molecule has 1 amide bonds. The lowest BCUT2D eigenvalue weighted by Gasteiger charge is -2.36. The summed E-state index contributed by atoms with van der Waals surface area (Å²) in [5.41, 5.74) is 0.129. The summed E-state index contributed by atoms with van der Waals surface area (Å²) in [7, 11) is 0. The van der Waals surface area contributed by atoms with Crippen LogP contribution in [0.3, 0.4) is 0 Å². The van der Waals surface area contributed by atoms with E-state index in [1.807, 2.05) is 6.92 Å². The lowest BCUT2D eigenvalue weighted by molar-refractivity contribution is -0.137. The van der Waals surface area contributed by atoms with Crippen LogP contribution in [0.4, 0.5) is 13.2 Å². The number of hydrogen-bond donors (Lipinski definition) is 1. The zero-order valence-electron chi connectivity index (χ0n) is 16.0. The number of halogens is 3. The lowest BCUT2D eigenvalue weighted by Crippen LogP contribution is -2.43. The molecule has 1 N–H and O–H groups in total. The van der Waals surface area contributed by atoms with Gasteiger partial charge >= 0.3 is 6.18 Å². The van der Waals surface area contributed by atoms with Gasteiger partial charge in [-0.25, -0.2) is 0 Å². The molecule has 0 aliphatic heterocycles. The number of ether oxygens (including phenoxy) is 1. The van der Waals surface area contributed by atoms with Gasteiger partial charge in [0.05, 0.1) is 17.7 Å². The minimum Gasteiger partial charge on any atom is -0.380 e. The first-order valence-electron chi connectivity index (χ1n) is 9.54. The number of hydrogen-bond acceptors (Lipinski definition) is 3. The third-order valence-electron chi connectivity index (χ3n) is 5.08. The Hall–Kier alpha value is -2.61. The molecule has 0 atom stereocenters. The second-order valence-electron chi connectivity index (χ2n) is 7.11. The van der Waals surface area contributed by atoms with Crippen molar-refractivity contribution >= 4 is 5.91 Å². The van der Waals surface area contributed by atoms with Crippen molar-refractivity contribution in [3.8, 4) is 0 Å². The summed E-state index contributed by atoms with van der Waals surface area (Å²) >= 11 is 0. The molecule has 156 valence electrons. The van der Waals surface area contributed by atoms with E-state index in [2.05, 4.69) is 5.32 Å². The molecule has 0 bridgehead atoms. The fourth-order valence-corrected chi connectivity index (χ4v) is 3.39. The van der Waals surface area contributed by atoms with Crippen molar-refractivity contribution in [3.05, 3.63) is 69.6 Å². The van der Waals surface area contributed by atoms with Gasteiger partial charge in [-0.2, -0.15) is 13.2 Å². The van der Waals surface area contributed by atoms with Gasteiger partial charge in [0.15, 0.2) is 0 Å². The fraction of sp³-hybridized carbons (Fsp3) is 0.429. The summed E-state index contributed by atoms with van der Waals surface area (Å²) in [5, 5.41) is 2.88. The highest BCUT2D eigenvalue weighted by atomic mass is 19.4. The van der Waals surface area contributed by atoms with E-state index >= 15 is 0 Å². The third-order valence-corrected chi connectivity index (χ3v) is 5.08. The number of pyridine rings is 1. The quantitative estimate of drug-likeness (QED) is 0.713. The standard InChI is InChI=1S/C21H23F3N2O3/c1-2-29-9-8-26-13-15(6-7-19(26)27)20(28)25-18-11-16(12-18)14-4-3-5-17(10-14)21(22,23)24/h3-7,10,13,16,18H,2,8-9,11-12H2,1H3,(H,25,28). The summed E-state index contributed by atoms with van der Waals surface area (Å²) in [6.07, 6.45) is -1.70. The van der Waals surface area contributed by atoms with Crippen LogP contribution >= 0.6 is 0 Å². The highest BCUT2D eigenvalue weighted by Gasteiger charge is 2.34. The zero-order valence-corrected chi connectivity index (χ0v) is 16.0. The second-order valence-corrected chi connectivity index (χ2v) is 7.11. The van der Waals surface area contributed by atoms with Crippen LogP contribution in [-0.4, -0.2) is 29.7 Å². The Morgan fingerprint density at radius 1 is 1.24 bits per heavy atom. The van der Waals surface area contributed by atoms with E-state index in [1.165, 1.54) is 35.0 Å². The minimum absolute atomic E-state index is 0.0113. The second kappa shape index (κ2) is 8.82. The zero-order chi connectivity index (χ0) is 21.0. The Bertz CT molecular complexity index is 918. The van der Waals surface area contributed by atoms with Gasteiger partial charge in [0, 0.05) is 31.5 Å². The Morgan fingerprint density at radius 3 is 2.69 bits per heavy atom. The number of carbonyl (C=O) groups is 1. The first-order valence-corrected chi connectivity index (χ1v) is 9.54. The van der Waals surface area contributed by atoms with Crippen molar-refractivity contribution in [2.24, 2.45) is 0 Å². The van der Waals surface area contributed by atoms with Gasteiger partial charge in [-0.1, -0.05) is 18.2 Å². The average molecular weight is 408 g/mol. The number of benzene rings is 1. The third kappa shape index (κ3) is 5.26. The van der Waals surface area contributed by atoms with E-state index in [1.54, 1.807) is 6.07 Å². The van der Waals surface area contributed by atoms with Crippen LogP contribution in [0.1, 0.15) is 47.2 Å². The summed E-state index contributed by atoms with van der Waals surface area (Å²) in [5.74, 6) is -0.314. The maximum Gasteiger partial charge on any atom is 0.416 e. The lowest BCUT2D eigenvalue weighted by atomic mass is 9.75. The topological polar surface area (TPSA) is 60.3 Å². The molecule has 1 aliphatic rings. The maximum atomic E-state index is 12.9. The molecular weight excluding hydrogens is 385 g/mol. The molecule has 1 heterocycles. The molecule has 0 unspecified atom stereocenters. The summed E-state index contributed by atoms with van der Waals surface area (Å²) < 4.78 is 45.2. The van der Waals surface area contributed by atoms with E-state index in [4.69, 9.17) is 4.74 Å². The average Bonchev–Trinajstić information content (AvgIpc) is 2.65. The first kappa shape index (κ1) is 21.1. The molecule has 1 saturated carbocycles. The van der Waals surface area contributed by atoms with Crippen molar-refractivity contribution in [3.63, 3.8) is 0 Å². The Morgan fingerprint density at radius 2 is 2.00 bits per heavy atom. The molecule has 5 nitrogen and oxygen atoms in total. The number of carbonyl (C=O) groups excluding carboxylic acids is 1. The van der Waals surface area contributed by atoms with Crippen LogP contribution in [0.25, 0.3) is 0 Å². The van der Waals surface area contributed by atoms with Crippen molar-refractivity contribution < 1.29 is 22.7 Å². The maximum absolute atomic E-state index is 12.9. The van der Waals surface area contributed by atoms with Crippen molar-refractivity contribution in [1.82, 2.24) is 9.88 Å². The van der Waals surface area contributed by atoms with Gasteiger partial charge in [-0.05, 0) is 43.4 Å². The van der Waals surface area contributed by atoms with Gasteiger partial charge in [-0.15, -0.1) is 0 Å².